The third kappa shape index (κ3) is 4.24. The van der Waals surface area contributed by atoms with Gasteiger partial charge in [0.1, 0.15) is 5.02 Å². The second-order valence-corrected chi connectivity index (χ2v) is 5.12. The minimum Gasteiger partial charge on any atom is -0.353 e. The average molecular weight is 332 g/mol. The van der Waals surface area contributed by atoms with Crippen molar-refractivity contribution in [2.75, 3.05) is 5.32 Å². The first-order valence-corrected chi connectivity index (χ1v) is 6.78. The van der Waals surface area contributed by atoms with Crippen molar-refractivity contribution >= 4 is 23.0 Å². The fraction of sp³-hybridized carbons (Fsp3) is 0.286. The van der Waals surface area contributed by atoms with E-state index in [2.05, 4.69) is 10.4 Å². The molecule has 0 spiro atoms. The molecular formula is C14H13ClF3N3O. The van der Waals surface area contributed by atoms with Crippen LogP contribution < -0.4 is 10.9 Å². The number of hydrogen-bond acceptors (Lipinski definition) is 3. The normalized spacial score (nSPS) is 11.5. The molecule has 0 radical (unpaired) electrons. The summed E-state index contributed by atoms with van der Waals surface area (Å²) < 4.78 is 37.8. The Labute approximate surface area is 129 Å². The Morgan fingerprint density at radius 3 is 2.77 bits per heavy atom. The molecule has 0 bridgehead atoms. The Balaban J connectivity index is 2.17. The maximum absolute atomic E-state index is 12.2. The highest BCUT2D eigenvalue weighted by Gasteiger charge is 2.26. The molecule has 0 fully saturated rings. The molecule has 0 aliphatic rings. The Bertz CT molecular complexity index is 728. The molecule has 0 atom stereocenters. The summed E-state index contributed by atoms with van der Waals surface area (Å²) in [4.78, 5) is 11.7. The van der Waals surface area contributed by atoms with Crippen LogP contribution in [0.5, 0.6) is 0 Å². The van der Waals surface area contributed by atoms with Crippen molar-refractivity contribution in [1.82, 2.24) is 9.78 Å². The van der Waals surface area contributed by atoms with Gasteiger partial charge in [-0.3, -0.25) is 4.79 Å². The van der Waals surface area contributed by atoms with E-state index in [0.29, 0.717) is 16.9 Å². The standard InChI is InChI=1S/C14H13ClF3N3O/c1-21-13(22)12(15)11(8-19-21)20-10-4-2-3-9(7-10)5-6-14(16,17)18/h2-4,7-8,20H,5-6H2,1H3. The van der Waals surface area contributed by atoms with Gasteiger partial charge in [0.15, 0.2) is 0 Å². The van der Waals surface area contributed by atoms with E-state index >= 15 is 0 Å². The Hall–Kier alpha value is -2.02. The van der Waals surface area contributed by atoms with Gasteiger partial charge in [0.2, 0.25) is 0 Å². The number of benzene rings is 1. The predicted molar refractivity (Wildman–Crippen MR) is 78.6 cm³/mol. The second kappa shape index (κ2) is 6.39. The number of nitrogens with zero attached hydrogens (tertiary/aromatic N) is 2. The van der Waals surface area contributed by atoms with E-state index in [-0.39, 0.29) is 11.4 Å². The summed E-state index contributed by atoms with van der Waals surface area (Å²) in [6, 6.07) is 6.50. The second-order valence-electron chi connectivity index (χ2n) is 4.74. The molecule has 4 nitrogen and oxygen atoms in total. The van der Waals surface area contributed by atoms with Gasteiger partial charge in [0.05, 0.1) is 11.9 Å². The van der Waals surface area contributed by atoms with Crippen LogP contribution >= 0.6 is 11.6 Å². The van der Waals surface area contributed by atoms with Crippen molar-refractivity contribution < 1.29 is 13.2 Å². The van der Waals surface area contributed by atoms with Crippen LogP contribution in [-0.4, -0.2) is 16.0 Å². The van der Waals surface area contributed by atoms with Crippen molar-refractivity contribution in [1.29, 1.82) is 0 Å². The zero-order chi connectivity index (χ0) is 16.3. The highest BCUT2D eigenvalue weighted by Crippen LogP contribution is 2.25. The van der Waals surface area contributed by atoms with Crippen LogP contribution in [-0.2, 0) is 13.5 Å². The monoisotopic (exact) mass is 331 g/mol. The lowest BCUT2D eigenvalue weighted by molar-refractivity contribution is -0.133. The fourth-order valence-electron chi connectivity index (χ4n) is 1.84. The van der Waals surface area contributed by atoms with Crippen molar-refractivity contribution in [3.63, 3.8) is 0 Å². The quantitative estimate of drug-likeness (QED) is 0.929. The van der Waals surface area contributed by atoms with E-state index in [1.807, 2.05) is 0 Å². The van der Waals surface area contributed by atoms with Crippen LogP contribution in [0, 0.1) is 0 Å². The first kappa shape index (κ1) is 16.4. The van der Waals surface area contributed by atoms with Gasteiger partial charge >= 0.3 is 6.18 Å². The molecule has 2 aromatic rings. The molecule has 118 valence electrons. The Kier molecular flexibility index (Phi) is 4.75. The molecule has 0 unspecified atom stereocenters. The van der Waals surface area contributed by atoms with Gasteiger partial charge in [0, 0.05) is 19.2 Å². The highest BCUT2D eigenvalue weighted by atomic mass is 35.5. The van der Waals surface area contributed by atoms with Gasteiger partial charge in [0.25, 0.3) is 5.56 Å². The molecule has 1 N–H and O–H groups in total. The molecule has 0 saturated carbocycles. The van der Waals surface area contributed by atoms with Crippen LogP contribution in [0.2, 0.25) is 5.02 Å². The van der Waals surface area contributed by atoms with Crippen molar-refractivity contribution in [2.24, 2.45) is 7.05 Å². The molecule has 22 heavy (non-hydrogen) atoms. The lowest BCUT2D eigenvalue weighted by Crippen LogP contribution is -2.20. The van der Waals surface area contributed by atoms with Gasteiger partial charge in [-0.2, -0.15) is 18.3 Å². The average Bonchev–Trinajstić information content (AvgIpc) is 2.46. The van der Waals surface area contributed by atoms with Gasteiger partial charge < -0.3 is 5.32 Å². The highest BCUT2D eigenvalue weighted by molar-refractivity contribution is 6.33. The largest absolute Gasteiger partial charge is 0.389 e. The number of anilines is 2. The third-order valence-electron chi connectivity index (χ3n) is 2.98. The molecule has 0 amide bonds. The summed E-state index contributed by atoms with van der Waals surface area (Å²) in [5.74, 6) is 0. The number of aromatic nitrogens is 2. The smallest absolute Gasteiger partial charge is 0.353 e. The van der Waals surface area contributed by atoms with Crippen molar-refractivity contribution in [2.45, 2.75) is 19.0 Å². The molecule has 8 heteroatoms. The summed E-state index contributed by atoms with van der Waals surface area (Å²) in [5.41, 5.74) is 0.921. The van der Waals surface area contributed by atoms with Crippen LogP contribution in [0.25, 0.3) is 0 Å². The van der Waals surface area contributed by atoms with E-state index in [1.54, 1.807) is 24.3 Å². The number of nitrogens with one attached hydrogen (secondary N) is 1. The van der Waals surface area contributed by atoms with E-state index < -0.39 is 18.2 Å². The van der Waals surface area contributed by atoms with E-state index in [1.165, 1.54) is 13.2 Å². The number of halogens is 4. The van der Waals surface area contributed by atoms with Gasteiger partial charge in [-0.05, 0) is 24.1 Å². The predicted octanol–water partition coefficient (Wildman–Crippen LogP) is 3.67. The Morgan fingerprint density at radius 1 is 1.36 bits per heavy atom. The van der Waals surface area contributed by atoms with Gasteiger partial charge in [-0.25, -0.2) is 4.68 Å². The molecule has 0 saturated heterocycles. The van der Waals surface area contributed by atoms with E-state index in [9.17, 15) is 18.0 Å². The van der Waals surface area contributed by atoms with Crippen LogP contribution in [0.3, 0.4) is 0 Å². The number of alkyl halides is 3. The first-order chi connectivity index (χ1) is 10.3. The number of hydrogen-bond donors (Lipinski definition) is 1. The third-order valence-corrected chi connectivity index (χ3v) is 3.35. The molecule has 1 heterocycles. The zero-order valence-corrected chi connectivity index (χ0v) is 12.4. The summed E-state index contributed by atoms with van der Waals surface area (Å²) in [5, 5.41) is 6.69. The molecular weight excluding hydrogens is 319 g/mol. The summed E-state index contributed by atoms with van der Waals surface area (Å²) in [6.07, 6.45) is -3.80. The van der Waals surface area contributed by atoms with E-state index in [0.717, 1.165) is 4.68 Å². The number of aryl methyl sites for hydroxylation is 2. The molecule has 1 aromatic heterocycles. The van der Waals surface area contributed by atoms with Crippen molar-refractivity contribution in [3.8, 4) is 0 Å². The van der Waals surface area contributed by atoms with Crippen molar-refractivity contribution in [3.05, 3.63) is 51.4 Å². The molecule has 0 aliphatic heterocycles. The SMILES string of the molecule is Cn1ncc(Nc2cccc(CCC(F)(F)F)c2)c(Cl)c1=O. The molecule has 0 aliphatic carbocycles. The lowest BCUT2D eigenvalue weighted by atomic mass is 10.1. The van der Waals surface area contributed by atoms with Gasteiger partial charge in [-0.1, -0.05) is 23.7 Å². The minimum absolute atomic E-state index is 0.0294. The summed E-state index contributed by atoms with van der Waals surface area (Å²) in [6.45, 7) is 0. The first-order valence-electron chi connectivity index (χ1n) is 6.41. The molecule has 1 aromatic carbocycles. The van der Waals surface area contributed by atoms with Gasteiger partial charge in [-0.15, -0.1) is 0 Å². The molecule has 2 rings (SSSR count). The summed E-state index contributed by atoms with van der Waals surface area (Å²) >= 11 is 5.92. The lowest BCUT2D eigenvalue weighted by Gasteiger charge is -2.11. The van der Waals surface area contributed by atoms with E-state index in [4.69, 9.17) is 11.6 Å². The summed E-state index contributed by atoms with van der Waals surface area (Å²) in [7, 11) is 1.47. The Morgan fingerprint density at radius 2 is 2.09 bits per heavy atom. The van der Waals surface area contributed by atoms with Crippen LogP contribution in [0.4, 0.5) is 24.5 Å². The van der Waals surface area contributed by atoms with Crippen LogP contribution in [0.15, 0.2) is 35.3 Å². The zero-order valence-electron chi connectivity index (χ0n) is 11.6. The fourth-order valence-corrected chi connectivity index (χ4v) is 2.06. The minimum atomic E-state index is -4.19. The number of rotatable bonds is 4. The van der Waals surface area contributed by atoms with Crippen LogP contribution in [0.1, 0.15) is 12.0 Å². The maximum atomic E-state index is 12.2. The topological polar surface area (TPSA) is 46.9 Å². The maximum Gasteiger partial charge on any atom is 0.389 e.